The predicted molar refractivity (Wildman–Crippen MR) is 61.1 cm³/mol. The van der Waals surface area contributed by atoms with Gasteiger partial charge in [0.25, 0.3) is 0 Å². The van der Waals surface area contributed by atoms with E-state index in [9.17, 15) is 9.18 Å². The fourth-order valence-corrected chi connectivity index (χ4v) is 1.75. The standard InChI is InChI=1S/C12H15FN2O2/c13-10-6-15(7-11(10)14)12(16)17-8-9-4-2-1-3-5-9/h1-5,10-11H,6-8,14H2/t10-,11-/m0/s1. The highest BCUT2D eigenvalue weighted by atomic mass is 19.1. The Labute approximate surface area is 99.2 Å². The molecule has 5 heteroatoms. The largest absolute Gasteiger partial charge is 0.445 e. The number of carbonyl (C=O) groups excluding carboxylic acids is 1. The normalized spacial score (nSPS) is 23.8. The van der Waals surface area contributed by atoms with Crippen molar-refractivity contribution in [2.45, 2.75) is 18.8 Å². The van der Waals surface area contributed by atoms with E-state index >= 15 is 0 Å². The molecule has 1 aliphatic heterocycles. The number of nitrogens with zero attached hydrogens (tertiary/aromatic N) is 1. The topological polar surface area (TPSA) is 55.6 Å². The van der Waals surface area contributed by atoms with Crippen LogP contribution >= 0.6 is 0 Å². The predicted octanol–water partition coefficient (Wildman–Crippen LogP) is 1.30. The molecule has 1 aromatic rings. The quantitative estimate of drug-likeness (QED) is 0.845. The minimum atomic E-state index is -1.15. The van der Waals surface area contributed by atoms with Crippen LogP contribution in [0.5, 0.6) is 0 Å². The van der Waals surface area contributed by atoms with Crippen LogP contribution in [0.1, 0.15) is 5.56 Å². The summed E-state index contributed by atoms with van der Waals surface area (Å²) in [4.78, 5) is 12.9. The average Bonchev–Trinajstić information content (AvgIpc) is 2.68. The molecule has 0 radical (unpaired) electrons. The molecule has 1 saturated heterocycles. The molecular weight excluding hydrogens is 223 g/mol. The second kappa shape index (κ2) is 5.14. The lowest BCUT2D eigenvalue weighted by molar-refractivity contribution is 0.102. The maximum atomic E-state index is 13.1. The third kappa shape index (κ3) is 2.94. The Morgan fingerprint density at radius 2 is 2.12 bits per heavy atom. The van der Waals surface area contributed by atoms with E-state index in [4.69, 9.17) is 10.5 Å². The summed E-state index contributed by atoms with van der Waals surface area (Å²) in [6.07, 6.45) is -1.66. The summed E-state index contributed by atoms with van der Waals surface area (Å²) in [5.41, 5.74) is 6.39. The van der Waals surface area contributed by atoms with Crippen LogP contribution in [0.4, 0.5) is 9.18 Å². The van der Waals surface area contributed by atoms with E-state index in [2.05, 4.69) is 0 Å². The van der Waals surface area contributed by atoms with Gasteiger partial charge in [-0.05, 0) is 5.56 Å². The molecule has 0 aromatic heterocycles. The smallest absolute Gasteiger partial charge is 0.410 e. The van der Waals surface area contributed by atoms with Gasteiger partial charge < -0.3 is 15.4 Å². The fraction of sp³-hybridized carbons (Fsp3) is 0.417. The Balaban J connectivity index is 1.82. The molecule has 1 aromatic carbocycles. The Hall–Kier alpha value is -1.62. The fourth-order valence-electron chi connectivity index (χ4n) is 1.75. The summed E-state index contributed by atoms with van der Waals surface area (Å²) in [6.45, 7) is 0.436. The van der Waals surface area contributed by atoms with Crippen molar-refractivity contribution in [1.82, 2.24) is 4.90 Å². The molecule has 0 saturated carbocycles. The van der Waals surface area contributed by atoms with Crippen molar-refractivity contribution >= 4 is 6.09 Å². The van der Waals surface area contributed by atoms with E-state index in [0.717, 1.165) is 5.56 Å². The summed E-state index contributed by atoms with van der Waals surface area (Å²) in [7, 11) is 0. The van der Waals surface area contributed by atoms with Crippen molar-refractivity contribution in [3.05, 3.63) is 35.9 Å². The second-order valence-electron chi connectivity index (χ2n) is 4.13. The monoisotopic (exact) mass is 238 g/mol. The number of amides is 1. The number of carbonyl (C=O) groups is 1. The van der Waals surface area contributed by atoms with Crippen LogP contribution < -0.4 is 5.73 Å². The van der Waals surface area contributed by atoms with Crippen LogP contribution in [0, 0.1) is 0 Å². The maximum absolute atomic E-state index is 13.1. The molecule has 92 valence electrons. The van der Waals surface area contributed by atoms with Crippen molar-refractivity contribution in [3.63, 3.8) is 0 Å². The number of benzene rings is 1. The van der Waals surface area contributed by atoms with Crippen LogP contribution in [0.15, 0.2) is 30.3 Å². The molecule has 0 spiro atoms. The van der Waals surface area contributed by atoms with Gasteiger partial charge in [-0.3, -0.25) is 0 Å². The van der Waals surface area contributed by atoms with Crippen LogP contribution in [-0.4, -0.2) is 36.3 Å². The van der Waals surface area contributed by atoms with Gasteiger partial charge >= 0.3 is 6.09 Å². The molecule has 2 atom stereocenters. The third-order valence-corrected chi connectivity index (χ3v) is 2.75. The van der Waals surface area contributed by atoms with E-state index in [0.29, 0.717) is 0 Å². The van der Waals surface area contributed by atoms with Gasteiger partial charge in [-0.15, -0.1) is 0 Å². The van der Waals surface area contributed by atoms with Gasteiger partial charge in [0.05, 0.1) is 12.6 Å². The number of likely N-dealkylation sites (tertiary alicyclic amines) is 1. The first-order valence-electron chi connectivity index (χ1n) is 5.52. The van der Waals surface area contributed by atoms with E-state index in [1.807, 2.05) is 30.3 Å². The number of rotatable bonds is 2. The summed E-state index contributed by atoms with van der Waals surface area (Å²) in [5.74, 6) is 0. The third-order valence-electron chi connectivity index (χ3n) is 2.75. The zero-order chi connectivity index (χ0) is 12.3. The SMILES string of the molecule is N[C@H]1CN(C(=O)OCc2ccccc2)C[C@@H]1F. The van der Waals surface area contributed by atoms with Crippen LogP contribution in [-0.2, 0) is 11.3 Å². The molecular formula is C12H15FN2O2. The zero-order valence-corrected chi connectivity index (χ0v) is 9.38. The highest BCUT2D eigenvalue weighted by molar-refractivity contribution is 5.68. The molecule has 1 aliphatic rings. The molecule has 0 unspecified atom stereocenters. The van der Waals surface area contributed by atoms with Gasteiger partial charge in [0.15, 0.2) is 0 Å². The van der Waals surface area contributed by atoms with Crippen molar-refractivity contribution in [2.24, 2.45) is 5.73 Å². The minimum Gasteiger partial charge on any atom is -0.445 e. The van der Waals surface area contributed by atoms with E-state index in [1.165, 1.54) is 4.90 Å². The van der Waals surface area contributed by atoms with Crippen LogP contribution in [0.3, 0.4) is 0 Å². The lowest BCUT2D eigenvalue weighted by Gasteiger charge is -2.15. The van der Waals surface area contributed by atoms with Crippen LogP contribution in [0.25, 0.3) is 0 Å². The number of halogens is 1. The summed E-state index contributed by atoms with van der Waals surface area (Å²) in [5, 5.41) is 0. The Morgan fingerprint density at radius 3 is 2.71 bits per heavy atom. The number of hydrogen-bond donors (Lipinski definition) is 1. The Kier molecular flexibility index (Phi) is 3.58. The minimum absolute atomic E-state index is 0.0226. The first-order chi connectivity index (χ1) is 8.16. The molecule has 2 N–H and O–H groups in total. The van der Waals surface area contributed by atoms with Gasteiger partial charge in [-0.25, -0.2) is 9.18 Å². The molecule has 1 fully saturated rings. The Bertz CT molecular complexity index is 375. The first kappa shape index (κ1) is 11.9. The molecule has 2 rings (SSSR count). The highest BCUT2D eigenvalue weighted by Gasteiger charge is 2.33. The number of nitrogens with two attached hydrogens (primary N) is 1. The Morgan fingerprint density at radius 1 is 1.41 bits per heavy atom. The molecule has 17 heavy (non-hydrogen) atoms. The van der Waals surface area contributed by atoms with Crippen LogP contribution in [0.2, 0.25) is 0 Å². The van der Waals surface area contributed by atoms with Gasteiger partial charge in [0.2, 0.25) is 0 Å². The zero-order valence-electron chi connectivity index (χ0n) is 9.38. The van der Waals surface area contributed by atoms with Crippen molar-refractivity contribution < 1.29 is 13.9 Å². The van der Waals surface area contributed by atoms with Gasteiger partial charge in [0.1, 0.15) is 12.8 Å². The van der Waals surface area contributed by atoms with E-state index in [-0.39, 0.29) is 19.7 Å². The van der Waals surface area contributed by atoms with E-state index < -0.39 is 18.3 Å². The number of ether oxygens (including phenoxy) is 1. The summed E-state index contributed by atoms with van der Waals surface area (Å²) < 4.78 is 18.2. The first-order valence-corrected chi connectivity index (χ1v) is 5.52. The van der Waals surface area contributed by atoms with Gasteiger partial charge in [0, 0.05) is 6.54 Å². The lowest BCUT2D eigenvalue weighted by atomic mass is 10.2. The lowest BCUT2D eigenvalue weighted by Crippen LogP contribution is -2.32. The van der Waals surface area contributed by atoms with Crippen molar-refractivity contribution in [3.8, 4) is 0 Å². The summed E-state index contributed by atoms with van der Waals surface area (Å²) in [6, 6.07) is 8.75. The molecule has 1 amide bonds. The van der Waals surface area contributed by atoms with Crippen molar-refractivity contribution in [2.75, 3.05) is 13.1 Å². The van der Waals surface area contributed by atoms with Gasteiger partial charge in [-0.1, -0.05) is 30.3 Å². The number of hydrogen-bond acceptors (Lipinski definition) is 3. The highest BCUT2D eigenvalue weighted by Crippen LogP contribution is 2.13. The molecule has 0 bridgehead atoms. The molecule has 0 aliphatic carbocycles. The van der Waals surface area contributed by atoms with E-state index in [1.54, 1.807) is 0 Å². The second-order valence-corrected chi connectivity index (χ2v) is 4.13. The summed E-state index contributed by atoms with van der Waals surface area (Å²) >= 11 is 0. The van der Waals surface area contributed by atoms with Gasteiger partial charge in [-0.2, -0.15) is 0 Å². The maximum Gasteiger partial charge on any atom is 0.410 e. The van der Waals surface area contributed by atoms with Crippen molar-refractivity contribution in [1.29, 1.82) is 0 Å². The molecule has 4 nitrogen and oxygen atoms in total. The molecule has 1 heterocycles. The average molecular weight is 238 g/mol. The number of alkyl halides is 1.